The summed E-state index contributed by atoms with van der Waals surface area (Å²) < 4.78 is 2.53. The average molecular weight is 718 g/mol. The highest BCUT2D eigenvalue weighted by molar-refractivity contribution is 7.26. The van der Waals surface area contributed by atoms with Gasteiger partial charge in [0.1, 0.15) is 0 Å². The van der Waals surface area contributed by atoms with Gasteiger partial charge < -0.3 is 0 Å². The molecular weight excluding hydrogens is 687 g/mol. The average Bonchev–Trinajstić information content (AvgIpc) is 3.66. The summed E-state index contributed by atoms with van der Waals surface area (Å²) in [6, 6.07) is 66.6. The summed E-state index contributed by atoms with van der Waals surface area (Å²) in [5.41, 5.74) is 10.4. The highest BCUT2D eigenvalue weighted by Crippen LogP contribution is 2.46. The molecule has 3 nitrogen and oxygen atoms in total. The topological polar surface area (TPSA) is 38.7 Å². The van der Waals surface area contributed by atoms with Gasteiger partial charge in [0.25, 0.3) is 0 Å². The second kappa shape index (κ2) is 12.8. The van der Waals surface area contributed by atoms with Crippen molar-refractivity contribution >= 4 is 64.0 Å². The zero-order chi connectivity index (χ0) is 36.3. The summed E-state index contributed by atoms with van der Waals surface area (Å²) in [5.74, 6) is 0.714. The Hall–Kier alpha value is -7.01. The molecule has 3 heterocycles. The van der Waals surface area contributed by atoms with E-state index < -0.39 is 0 Å². The normalized spacial score (nSPS) is 11.6. The van der Waals surface area contributed by atoms with E-state index in [1.54, 1.807) is 0 Å². The van der Waals surface area contributed by atoms with Gasteiger partial charge in [0, 0.05) is 47.8 Å². The Bertz CT molecular complexity index is 3180. The third kappa shape index (κ3) is 5.38. The number of aromatic nitrogens is 3. The summed E-state index contributed by atoms with van der Waals surface area (Å²) in [6.45, 7) is 0. The van der Waals surface area contributed by atoms with Crippen LogP contribution in [0.25, 0.3) is 109 Å². The Morgan fingerprint density at radius 1 is 0.364 bits per heavy atom. The first-order valence-corrected chi connectivity index (χ1v) is 19.3. The lowest BCUT2D eigenvalue weighted by atomic mass is 9.93. The van der Waals surface area contributed by atoms with Crippen molar-refractivity contribution in [1.82, 2.24) is 15.0 Å². The second-order valence-corrected chi connectivity index (χ2v) is 15.0. The molecule has 0 amide bonds. The molecule has 0 atom stereocenters. The predicted molar refractivity (Wildman–Crippen MR) is 232 cm³/mol. The molecule has 4 heteroatoms. The van der Waals surface area contributed by atoms with E-state index in [0.29, 0.717) is 5.82 Å². The van der Waals surface area contributed by atoms with Crippen LogP contribution in [0.2, 0.25) is 0 Å². The summed E-state index contributed by atoms with van der Waals surface area (Å²) in [6.07, 6.45) is 0. The molecule has 256 valence electrons. The largest absolute Gasteiger partial charge is 0.247 e. The number of fused-ring (bicyclic) bond motifs is 8. The van der Waals surface area contributed by atoms with Crippen LogP contribution in [0.4, 0.5) is 0 Å². The Kier molecular flexibility index (Phi) is 7.35. The van der Waals surface area contributed by atoms with E-state index in [0.717, 1.165) is 50.4 Å². The fourth-order valence-electron chi connectivity index (χ4n) is 7.99. The van der Waals surface area contributed by atoms with Crippen molar-refractivity contribution in [3.05, 3.63) is 188 Å². The van der Waals surface area contributed by atoms with Crippen molar-refractivity contribution in [3.8, 4) is 56.3 Å². The van der Waals surface area contributed by atoms with E-state index in [4.69, 9.17) is 15.0 Å². The van der Waals surface area contributed by atoms with Crippen LogP contribution in [0, 0.1) is 0 Å². The van der Waals surface area contributed by atoms with Crippen molar-refractivity contribution in [2.45, 2.75) is 0 Å². The molecule has 0 spiro atoms. The van der Waals surface area contributed by atoms with Gasteiger partial charge in [0.15, 0.2) is 5.82 Å². The van der Waals surface area contributed by atoms with Crippen LogP contribution in [0.3, 0.4) is 0 Å². The Balaban J connectivity index is 1.05. The predicted octanol–water partition coefficient (Wildman–Crippen LogP) is 14.0. The van der Waals surface area contributed by atoms with Crippen molar-refractivity contribution in [2.75, 3.05) is 0 Å². The standard InChI is InChI=1S/C51H31N3S/c1-3-13-33(14-4-1)45-31-46(54-51(53-45)35-15-5-2-6-16-35)34-25-23-32(24-26-34)36-27-28-44-43(29-36)50-48(41-21-11-12-22-47(41)55-50)49(52-44)42-30-37-17-7-8-18-38(37)39-19-9-10-20-40(39)42/h1-31H. The Morgan fingerprint density at radius 3 is 1.71 bits per heavy atom. The molecule has 0 aliphatic heterocycles. The molecule has 55 heavy (non-hydrogen) atoms. The van der Waals surface area contributed by atoms with Crippen molar-refractivity contribution in [1.29, 1.82) is 0 Å². The smallest absolute Gasteiger partial charge is 0.160 e. The number of benzene rings is 8. The van der Waals surface area contributed by atoms with Crippen molar-refractivity contribution in [2.24, 2.45) is 0 Å². The molecule has 0 aliphatic rings. The molecule has 0 aliphatic carbocycles. The van der Waals surface area contributed by atoms with Crippen molar-refractivity contribution < 1.29 is 0 Å². The minimum absolute atomic E-state index is 0.714. The minimum Gasteiger partial charge on any atom is -0.247 e. The first-order chi connectivity index (χ1) is 27.2. The van der Waals surface area contributed by atoms with Crippen LogP contribution in [0.5, 0.6) is 0 Å². The van der Waals surface area contributed by atoms with Gasteiger partial charge in [-0.15, -0.1) is 11.3 Å². The molecule has 3 aromatic heterocycles. The molecule has 0 saturated heterocycles. The molecule has 0 unspecified atom stereocenters. The van der Waals surface area contributed by atoms with Crippen LogP contribution < -0.4 is 0 Å². The summed E-state index contributed by atoms with van der Waals surface area (Å²) >= 11 is 1.86. The SMILES string of the molecule is c1ccc(-c2cc(-c3ccc(-c4ccc5nc(-c6cc7ccccc7c7ccccc67)c6c7ccccc7sc6c5c4)cc3)nc(-c3ccccc3)n2)cc1. The van der Waals surface area contributed by atoms with Crippen LogP contribution in [0.15, 0.2) is 188 Å². The van der Waals surface area contributed by atoms with E-state index in [1.165, 1.54) is 52.7 Å². The van der Waals surface area contributed by atoms with Crippen LogP contribution in [0.1, 0.15) is 0 Å². The van der Waals surface area contributed by atoms with Crippen LogP contribution in [-0.4, -0.2) is 15.0 Å². The number of pyridine rings is 1. The maximum Gasteiger partial charge on any atom is 0.160 e. The molecule has 0 bridgehead atoms. The highest BCUT2D eigenvalue weighted by atomic mass is 32.1. The zero-order valence-corrected chi connectivity index (χ0v) is 30.5. The maximum absolute atomic E-state index is 5.50. The number of hydrogen-bond acceptors (Lipinski definition) is 4. The number of hydrogen-bond donors (Lipinski definition) is 0. The van der Waals surface area contributed by atoms with Crippen LogP contribution in [-0.2, 0) is 0 Å². The monoisotopic (exact) mass is 717 g/mol. The molecule has 0 N–H and O–H groups in total. The van der Waals surface area contributed by atoms with Gasteiger partial charge in [-0.25, -0.2) is 15.0 Å². The lowest BCUT2D eigenvalue weighted by Gasteiger charge is -2.14. The molecule has 0 saturated carbocycles. The lowest BCUT2D eigenvalue weighted by Crippen LogP contribution is -1.95. The first-order valence-electron chi connectivity index (χ1n) is 18.5. The van der Waals surface area contributed by atoms with E-state index in [-0.39, 0.29) is 0 Å². The molecule has 8 aromatic carbocycles. The third-order valence-corrected chi connectivity index (χ3v) is 11.9. The molecule has 0 radical (unpaired) electrons. The lowest BCUT2D eigenvalue weighted by molar-refractivity contribution is 1.18. The molecule has 11 rings (SSSR count). The van der Waals surface area contributed by atoms with E-state index in [9.17, 15) is 0 Å². The highest BCUT2D eigenvalue weighted by Gasteiger charge is 2.19. The van der Waals surface area contributed by atoms with E-state index >= 15 is 0 Å². The molecule has 11 aromatic rings. The fourth-order valence-corrected chi connectivity index (χ4v) is 9.22. The third-order valence-electron chi connectivity index (χ3n) is 10.7. The summed E-state index contributed by atoms with van der Waals surface area (Å²) in [7, 11) is 0. The van der Waals surface area contributed by atoms with Gasteiger partial charge >= 0.3 is 0 Å². The van der Waals surface area contributed by atoms with E-state index in [2.05, 4.69) is 152 Å². The maximum atomic E-state index is 5.50. The van der Waals surface area contributed by atoms with Gasteiger partial charge in [-0.1, -0.05) is 158 Å². The minimum atomic E-state index is 0.714. The van der Waals surface area contributed by atoms with Gasteiger partial charge in [-0.2, -0.15) is 0 Å². The van der Waals surface area contributed by atoms with Crippen molar-refractivity contribution in [3.63, 3.8) is 0 Å². The van der Waals surface area contributed by atoms with Gasteiger partial charge in [-0.3, -0.25) is 0 Å². The Labute approximate surface area is 321 Å². The molecular formula is C51H31N3S. The van der Waals surface area contributed by atoms with Gasteiger partial charge in [0.2, 0.25) is 0 Å². The first kappa shape index (κ1) is 31.5. The van der Waals surface area contributed by atoms with Crippen LogP contribution >= 0.6 is 11.3 Å². The fraction of sp³-hybridized carbons (Fsp3) is 0. The number of rotatable bonds is 5. The number of nitrogens with zero attached hydrogens (tertiary/aromatic N) is 3. The quantitative estimate of drug-likeness (QED) is 0.166. The van der Waals surface area contributed by atoms with Gasteiger partial charge in [-0.05, 0) is 63.0 Å². The number of thiophene rings is 1. The second-order valence-electron chi connectivity index (χ2n) is 14.0. The Morgan fingerprint density at radius 2 is 0.945 bits per heavy atom. The van der Waals surface area contributed by atoms with E-state index in [1.807, 2.05) is 47.7 Å². The van der Waals surface area contributed by atoms with Gasteiger partial charge in [0.05, 0.1) is 22.6 Å². The summed E-state index contributed by atoms with van der Waals surface area (Å²) in [4.78, 5) is 15.5. The summed E-state index contributed by atoms with van der Waals surface area (Å²) in [5, 5.41) is 8.58. The zero-order valence-electron chi connectivity index (χ0n) is 29.6. The molecule has 0 fully saturated rings.